The zero-order valence-electron chi connectivity index (χ0n) is 10.7. The van der Waals surface area contributed by atoms with Gasteiger partial charge in [-0.1, -0.05) is 11.6 Å². The van der Waals surface area contributed by atoms with Crippen molar-refractivity contribution in [3.63, 3.8) is 0 Å². The Bertz CT molecular complexity index is 520. The fourth-order valence-electron chi connectivity index (χ4n) is 1.38. The Labute approximate surface area is 117 Å². The molecule has 0 N–H and O–H groups in total. The topological polar surface area (TPSA) is 59.3 Å². The maximum Gasteiger partial charge on any atom is 0.347 e. The van der Waals surface area contributed by atoms with Crippen LogP contribution in [-0.4, -0.2) is 18.7 Å². The summed E-state index contributed by atoms with van der Waals surface area (Å²) in [5, 5.41) is 9.07. The lowest BCUT2D eigenvalue weighted by atomic mass is 10.2. The van der Waals surface area contributed by atoms with E-state index in [0.717, 1.165) is 0 Å². The van der Waals surface area contributed by atoms with Crippen LogP contribution in [0.4, 0.5) is 0 Å². The molecule has 0 aliphatic carbocycles. The zero-order chi connectivity index (χ0) is 14.3. The fourth-order valence-corrected chi connectivity index (χ4v) is 1.56. The maximum absolute atomic E-state index is 11.5. The smallest absolute Gasteiger partial charge is 0.347 e. The molecule has 0 aliphatic heterocycles. The van der Waals surface area contributed by atoms with Crippen LogP contribution in [0.3, 0.4) is 0 Å². The number of carbonyl (C=O) groups excluding carboxylic acids is 1. The lowest BCUT2D eigenvalue weighted by molar-refractivity contribution is -0.150. The molecular weight excluding hydrogens is 266 g/mol. The minimum absolute atomic E-state index is 0.300. The molecule has 0 heterocycles. The second-order valence-electron chi connectivity index (χ2n) is 3.66. The third-order valence-corrected chi connectivity index (χ3v) is 2.47. The van der Waals surface area contributed by atoms with Crippen molar-refractivity contribution in [3.05, 3.63) is 34.9 Å². The second kappa shape index (κ2) is 7.45. The highest BCUT2D eigenvalue weighted by molar-refractivity contribution is 6.30. The van der Waals surface area contributed by atoms with Crippen LogP contribution in [0.15, 0.2) is 24.3 Å². The number of rotatable bonds is 5. The molecule has 4 nitrogen and oxygen atoms in total. The van der Waals surface area contributed by atoms with Gasteiger partial charge in [-0.2, -0.15) is 5.26 Å². The summed E-state index contributed by atoms with van der Waals surface area (Å²) >= 11 is 5.88. The highest BCUT2D eigenvalue weighted by Gasteiger charge is 2.16. The average molecular weight is 280 g/mol. The standard InChI is InChI=1S/C14H14ClNO3/c1-3-18-14(17)10(2)19-13-7-6-12(15)9-11(13)5-4-8-16/h4-7,9-10H,3H2,1-2H3/b5-4-/t10-/m0/s1. The molecular formula is C14H14ClNO3. The normalized spacial score (nSPS) is 11.9. The van der Waals surface area contributed by atoms with Crippen molar-refractivity contribution in [1.29, 1.82) is 5.26 Å². The highest BCUT2D eigenvalue weighted by Crippen LogP contribution is 2.25. The van der Waals surface area contributed by atoms with Gasteiger partial charge in [0.1, 0.15) is 5.75 Å². The fraction of sp³-hybridized carbons (Fsp3) is 0.286. The van der Waals surface area contributed by atoms with Gasteiger partial charge in [0.25, 0.3) is 0 Å². The Balaban J connectivity index is 2.91. The molecule has 100 valence electrons. The van der Waals surface area contributed by atoms with E-state index in [-0.39, 0.29) is 0 Å². The third kappa shape index (κ3) is 4.65. The number of ether oxygens (including phenoxy) is 2. The van der Waals surface area contributed by atoms with Crippen molar-refractivity contribution in [2.45, 2.75) is 20.0 Å². The van der Waals surface area contributed by atoms with Gasteiger partial charge in [0.2, 0.25) is 0 Å². The summed E-state index contributed by atoms with van der Waals surface area (Å²) in [5.41, 5.74) is 0.630. The summed E-state index contributed by atoms with van der Waals surface area (Å²) in [6.45, 7) is 3.63. The molecule has 0 saturated carbocycles. The van der Waals surface area contributed by atoms with E-state index in [1.807, 2.05) is 6.07 Å². The molecule has 19 heavy (non-hydrogen) atoms. The molecule has 1 atom stereocenters. The Kier molecular flexibility index (Phi) is 5.91. The number of esters is 1. The molecule has 5 heteroatoms. The van der Waals surface area contributed by atoms with E-state index >= 15 is 0 Å². The SMILES string of the molecule is CCOC(=O)[C@H](C)Oc1ccc(Cl)cc1/C=C\C#N. The van der Waals surface area contributed by atoms with Crippen molar-refractivity contribution in [1.82, 2.24) is 0 Å². The largest absolute Gasteiger partial charge is 0.478 e. The van der Waals surface area contributed by atoms with E-state index in [4.69, 9.17) is 26.3 Å². The summed E-state index contributed by atoms with van der Waals surface area (Å²) in [6.07, 6.45) is 2.16. The summed E-state index contributed by atoms with van der Waals surface area (Å²) in [6, 6.07) is 6.84. The first-order chi connectivity index (χ1) is 9.08. The minimum Gasteiger partial charge on any atom is -0.478 e. The van der Waals surface area contributed by atoms with Gasteiger partial charge in [0.05, 0.1) is 12.7 Å². The maximum atomic E-state index is 11.5. The first-order valence-electron chi connectivity index (χ1n) is 5.77. The van der Waals surface area contributed by atoms with Gasteiger partial charge in [-0.25, -0.2) is 4.79 Å². The Morgan fingerprint density at radius 2 is 2.32 bits per heavy atom. The Morgan fingerprint density at radius 1 is 1.58 bits per heavy atom. The first-order valence-corrected chi connectivity index (χ1v) is 6.15. The van der Waals surface area contributed by atoms with Crippen LogP contribution >= 0.6 is 11.6 Å². The molecule has 0 aliphatic rings. The minimum atomic E-state index is -0.727. The van der Waals surface area contributed by atoms with Gasteiger partial charge in [0, 0.05) is 16.7 Å². The van der Waals surface area contributed by atoms with Crippen LogP contribution in [-0.2, 0) is 9.53 Å². The summed E-state index contributed by atoms with van der Waals surface area (Å²) in [5.74, 6) is 0.0316. The monoisotopic (exact) mass is 279 g/mol. The van der Waals surface area contributed by atoms with E-state index in [0.29, 0.717) is 22.9 Å². The number of hydrogen-bond acceptors (Lipinski definition) is 4. The van der Waals surface area contributed by atoms with Gasteiger partial charge in [-0.05, 0) is 38.1 Å². The molecule has 1 aromatic carbocycles. The molecule has 1 aromatic rings. The summed E-state index contributed by atoms with van der Waals surface area (Å²) < 4.78 is 10.4. The van der Waals surface area contributed by atoms with Crippen molar-refractivity contribution >= 4 is 23.6 Å². The summed E-state index contributed by atoms with van der Waals surface area (Å²) in [7, 11) is 0. The Morgan fingerprint density at radius 3 is 2.95 bits per heavy atom. The molecule has 0 unspecified atom stereocenters. The predicted octanol–water partition coefficient (Wildman–Crippen LogP) is 3.21. The van der Waals surface area contributed by atoms with E-state index in [9.17, 15) is 4.79 Å². The van der Waals surface area contributed by atoms with Crippen LogP contribution < -0.4 is 4.74 Å². The number of allylic oxidation sites excluding steroid dienone is 1. The number of nitrogens with zero attached hydrogens (tertiary/aromatic N) is 1. The number of carbonyl (C=O) groups is 1. The number of hydrogen-bond donors (Lipinski definition) is 0. The van der Waals surface area contributed by atoms with Gasteiger partial charge < -0.3 is 9.47 Å². The van der Waals surface area contributed by atoms with E-state index in [2.05, 4.69) is 0 Å². The van der Waals surface area contributed by atoms with Gasteiger partial charge >= 0.3 is 5.97 Å². The molecule has 0 saturated heterocycles. The third-order valence-electron chi connectivity index (χ3n) is 2.23. The Hall–Kier alpha value is -1.99. The van der Waals surface area contributed by atoms with Crippen molar-refractivity contribution in [3.8, 4) is 11.8 Å². The van der Waals surface area contributed by atoms with Crippen molar-refractivity contribution < 1.29 is 14.3 Å². The van der Waals surface area contributed by atoms with E-state index in [1.165, 1.54) is 6.08 Å². The predicted molar refractivity (Wildman–Crippen MR) is 72.8 cm³/mol. The van der Waals surface area contributed by atoms with Crippen LogP contribution in [0.1, 0.15) is 19.4 Å². The van der Waals surface area contributed by atoms with Crippen LogP contribution in [0.25, 0.3) is 6.08 Å². The molecule has 0 amide bonds. The molecule has 0 spiro atoms. The average Bonchev–Trinajstić information content (AvgIpc) is 2.39. The van der Waals surface area contributed by atoms with Crippen LogP contribution in [0.5, 0.6) is 5.75 Å². The van der Waals surface area contributed by atoms with Gasteiger partial charge in [0.15, 0.2) is 6.10 Å². The van der Waals surface area contributed by atoms with Gasteiger partial charge in [-0.3, -0.25) is 0 Å². The first kappa shape index (κ1) is 15.1. The second-order valence-corrected chi connectivity index (χ2v) is 4.09. The number of halogens is 1. The van der Waals surface area contributed by atoms with Crippen LogP contribution in [0.2, 0.25) is 5.02 Å². The lowest BCUT2D eigenvalue weighted by Gasteiger charge is -2.15. The molecule has 0 radical (unpaired) electrons. The van der Waals surface area contributed by atoms with E-state index < -0.39 is 12.1 Å². The molecule has 0 aromatic heterocycles. The van der Waals surface area contributed by atoms with Crippen molar-refractivity contribution in [2.24, 2.45) is 0 Å². The van der Waals surface area contributed by atoms with Crippen molar-refractivity contribution in [2.75, 3.05) is 6.61 Å². The number of benzene rings is 1. The van der Waals surface area contributed by atoms with E-state index in [1.54, 1.807) is 38.1 Å². The van der Waals surface area contributed by atoms with Gasteiger partial charge in [-0.15, -0.1) is 0 Å². The zero-order valence-corrected chi connectivity index (χ0v) is 11.5. The highest BCUT2D eigenvalue weighted by atomic mass is 35.5. The molecule has 0 fully saturated rings. The lowest BCUT2D eigenvalue weighted by Crippen LogP contribution is -2.26. The number of nitriles is 1. The molecule has 1 rings (SSSR count). The quantitative estimate of drug-likeness (QED) is 0.613. The molecule has 0 bridgehead atoms. The van der Waals surface area contributed by atoms with Crippen LogP contribution in [0, 0.1) is 11.3 Å². The summed E-state index contributed by atoms with van der Waals surface area (Å²) in [4.78, 5) is 11.5.